The van der Waals surface area contributed by atoms with E-state index in [2.05, 4.69) is 10.6 Å². The number of carbonyl (C=O) groups excluding carboxylic acids is 2. The number of nitrogens with zero attached hydrogens (tertiary/aromatic N) is 1. The molecule has 0 aromatic heterocycles. The number of hydrogen-bond donors (Lipinski definition) is 2. The zero-order valence-corrected chi connectivity index (χ0v) is 15.2. The van der Waals surface area contributed by atoms with Crippen LogP contribution in [0.5, 0.6) is 0 Å². The van der Waals surface area contributed by atoms with Crippen LogP contribution in [0, 0.1) is 5.82 Å². The molecule has 1 unspecified atom stereocenters. The lowest BCUT2D eigenvalue weighted by Gasteiger charge is -2.34. The van der Waals surface area contributed by atoms with Gasteiger partial charge >= 0.3 is 0 Å². The standard InChI is InChI=1S/C19H20FN3O2S/c1-11(24)23-9-3-2-4-16(23)18(25)22-19-21-15-8-5-12-10-13(20)6-7-14(12)17(15)26-19/h5-8,10,16,19,21H,2-4,9H2,1H3,(H,22,25)/t16-,19?/m0/s1. The van der Waals surface area contributed by atoms with Crippen molar-refractivity contribution in [1.82, 2.24) is 10.2 Å². The Labute approximate surface area is 155 Å². The van der Waals surface area contributed by atoms with Gasteiger partial charge in [0, 0.05) is 18.4 Å². The quantitative estimate of drug-likeness (QED) is 0.848. The van der Waals surface area contributed by atoms with Gasteiger partial charge in [-0.25, -0.2) is 4.39 Å². The molecule has 7 heteroatoms. The summed E-state index contributed by atoms with van der Waals surface area (Å²) in [5, 5.41) is 8.08. The van der Waals surface area contributed by atoms with Crippen LogP contribution < -0.4 is 10.6 Å². The summed E-state index contributed by atoms with van der Waals surface area (Å²) in [7, 11) is 0. The highest BCUT2D eigenvalue weighted by Gasteiger charge is 2.33. The summed E-state index contributed by atoms with van der Waals surface area (Å²) in [6.07, 6.45) is 2.58. The van der Waals surface area contributed by atoms with Gasteiger partial charge in [-0.15, -0.1) is 0 Å². The van der Waals surface area contributed by atoms with Crippen LogP contribution in [-0.4, -0.2) is 34.8 Å². The average molecular weight is 373 g/mol. The second kappa shape index (κ2) is 6.79. The number of amides is 2. The number of thioether (sulfide) groups is 1. The van der Waals surface area contributed by atoms with Gasteiger partial charge in [-0.1, -0.05) is 23.9 Å². The van der Waals surface area contributed by atoms with Crippen LogP contribution in [0.15, 0.2) is 35.2 Å². The first-order chi connectivity index (χ1) is 12.5. The zero-order chi connectivity index (χ0) is 18.3. The number of nitrogens with one attached hydrogen (secondary N) is 2. The number of benzene rings is 2. The van der Waals surface area contributed by atoms with Crippen LogP contribution in [0.2, 0.25) is 0 Å². The first kappa shape index (κ1) is 17.1. The number of likely N-dealkylation sites (tertiary alicyclic amines) is 1. The molecule has 26 heavy (non-hydrogen) atoms. The van der Waals surface area contributed by atoms with Crippen LogP contribution in [-0.2, 0) is 9.59 Å². The average Bonchev–Trinajstić information content (AvgIpc) is 3.04. The van der Waals surface area contributed by atoms with E-state index in [1.165, 1.54) is 30.8 Å². The third kappa shape index (κ3) is 3.11. The fraction of sp³-hybridized carbons (Fsp3) is 0.368. The molecule has 0 aliphatic carbocycles. The van der Waals surface area contributed by atoms with Crippen LogP contribution in [0.1, 0.15) is 26.2 Å². The van der Waals surface area contributed by atoms with E-state index in [1.54, 1.807) is 11.0 Å². The molecule has 2 aliphatic rings. The third-order valence-electron chi connectivity index (χ3n) is 4.94. The summed E-state index contributed by atoms with van der Waals surface area (Å²) in [6.45, 7) is 2.14. The van der Waals surface area contributed by atoms with Gasteiger partial charge < -0.3 is 15.5 Å². The van der Waals surface area contributed by atoms with E-state index >= 15 is 0 Å². The van der Waals surface area contributed by atoms with Gasteiger partial charge in [-0.2, -0.15) is 0 Å². The lowest BCUT2D eigenvalue weighted by Crippen LogP contribution is -2.53. The molecule has 1 saturated heterocycles. The maximum Gasteiger partial charge on any atom is 0.245 e. The molecule has 2 aromatic rings. The van der Waals surface area contributed by atoms with E-state index < -0.39 is 6.04 Å². The third-order valence-corrected chi connectivity index (χ3v) is 6.08. The van der Waals surface area contributed by atoms with Gasteiger partial charge in [0.2, 0.25) is 11.8 Å². The van der Waals surface area contributed by atoms with Crippen molar-refractivity contribution in [2.45, 2.75) is 42.6 Å². The molecule has 5 nitrogen and oxygen atoms in total. The summed E-state index contributed by atoms with van der Waals surface area (Å²) in [4.78, 5) is 27.2. The predicted octanol–water partition coefficient (Wildman–Crippen LogP) is 3.30. The predicted molar refractivity (Wildman–Crippen MR) is 100 cm³/mol. The summed E-state index contributed by atoms with van der Waals surface area (Å²) < 4.78 is 13.4. The Morgan fingerprint density at radius 3 is 2.92 bits per heavy atom. The number of anilines is 1. The zero-order valence-electron chi connectivity index (χ0n) is 14.4. The molecule has 136 valence electrons. The van der Waals surface area contributed by atoms with Gasteiger partial charge in [0.25, 0.3) is 0 Å². The van der Waals surface area contributed by atoms with Crippen molar-refractivity contribution in [3.63, 3.8) is 0 Å². The molecule has 0 bridgehead atoms. The van der Waals surface area contributed by atoms with Crippen molar-refractivity contribution in [3.05, 3.63) is 36.1 Å². The van der Waals surface area contributed by atoms with Crippen molar-refractivity contribution in [1.29, 1.82) is 0 Å². The monoisotopic (exact) mass is 373 g/mol. The topological polar surface area (TPSA) is 61.4 Å². The molecule has 0 radical (unpaired) electrons. The molecule has 2 aromatic carbocycles. The van der Waals surface area contributed by atoms with E-state index in [4.69, 9.17) is 0 Å². The maximum absolute atomic E-state index is 13.4. The van der Waals surface area contributed by atoms with Crippen molar-refractivity contribution in [2.24, 2.45) is 0 Å². The van der Waals surface area contributed by atoms with Crippen LogP contribution in [0.3, 0.4) is 0 Å². The summed E-state index contributed by atoms with van der Waals surface area (Å²) in [5.74, 6) is -0.457. The first-order valence-electron chi connectivity index (χ1n) is 8.76. The number of piperidine rings is 1. The molecule has 2 aliphatic heterocycles. The van der Waals surface area contributed by atoms with E-state index in [0.29, 0.717) is 13.0 Å². The van der Waals surface area contributed by atoms with Crippen molar-refractivity contribution < 1.29 is 14.0 Å². The number of fused-ring (bicyclic) bond motifs is 3. The molecule has 1 fully saturated rings. The molecule has 2 heterocycles. The second-order valence-corrected chi connectivity index (χ2v) is 7.80. The van der Waals surface area contributed by atoms with Gasteiger partial charge in [-0.3, -0.25) is 9.59 Å². The lowest BCUT2D eigenvalue weighted by molar-refractivity contribution is -0.140. The molecule has 0 saturated carbocycles. The second-order valence-electron chi connectivity index (χ2n) is 6.68. The molecule has 0 spiro atoms. The Balaban J connectivity index is 1.50. The molecular weight excluding hydrogens is 353 g/mol. The van der Waals surface area contributed by atoms with Gasteiger partial charge in [-0.05, 0) is 48.2 Å². The Bertz CT molecular complexity index is 888. The summed E-state index contributed by atoms with van der Waals surface area (Å²) in [5.41, 5.74) is 0.621. The Kier molecular flexibility index (Phi) is 4.48. The molecular formula is C19H20FN3O2S. The van der Waals surface area contributed by atoms with E-state index in [-0.39, 0.29) is 23.1 Å². The summed E-state index contributed by atoms with van der Waals surface area (Å²) in [6, 6.07) is 8.09. The first-order valence-corrected chi connectivity index (χ1v) is 9.64. The Morgan fingerprint density at radius 1 is 1.27 bits per heavy atom. The lowest BCUT2D eigenvalue weighted by atomic mass is 10.0. The highest BCUT2D eigenvalue weighted by molar-refractivity contribution is 8.00. The van der Waals surface area contributed by atoms with E-state index in [9.17, 15) is 14.0 Å². The van der Waals surface area contributed by atoms with Crippen molar-refractivity contribution in [2.75, 3.05) is 11.9 Å². The fourth-order valence-corrected chi connectivity index (χ4v) is 4.84. The fourth-order valence-electron chi connectivity index (χ4n) is 3.67. The molecule has 2 amide bonds. The van der Waals surface area contributed by atoms with Crippen molar-refractivity contribution in [3.8, 4) is 0 Å². The maximum atomic E-state index is 13.4. The molecule has 2 N–H and O–H groups in total. The van der Waals surface area contributed by atoms with E-state index in [0.717, 1.165) is 34.2 Å². The molecule has 4 rings (SSSR count). The van der Waals surface area contributed by atoms with Crippen LogP contribution in [0.25, 0.3) is 10.8 Å². The highest BCUT2D eigenvalue weighted by Crippen LogP contribution is 2.42. The van der Waals surface area contributed by atoms with Gasteiger partial charge in [0.05, 0.1) is 5.69 Å². The normalized spacial score (nSPS) is 22.0. The van der Waals surface area contributed by atoms with Gasteiger partial charge in [0.15, 0.2) is 5.50 Å². The highest BCUT2D eigenvalue weighted by atomic mass is 32.2. The number of rotatable bonds is 2. The largest absolute Gasteiger partial charge is 0.356 e. The van der Waals surface area contributed by atoms with Gasteiger partial charge in [0.1, 0.15) is 11.9 Å². The number of halogens is 1. The smallest absolute Gasteiger partial charge is 0.245 e. The van der Waals surface area contributed by atoms with Crippen LogP contribution in [0.4, 0.5) is 10.1 Å². The Morgan fingerprint density at radius 2 is 2.12 bits per heavy atom. The minimum atomic E-state index is -0.404. The van der Waals surface area contributed by atoms with Crippen molar-refractivity contribution >= 4 is 40.0 Å². The van der Waals surface area contributed by atoms with E-state index in [1.807, 2.05) is 12.1 Å². The SMILES string of the molecule is CC(=O)N1CCCC[C@H]1C(=O)NC1Nc2ccc3cc(F)ccc3c2S1. The van der Waals surface area contributed by atoms with Crippen LogP contribution >= 0.6 is 11.8 Å². The Hall–Kier alpha value is -2.28. The minimum absolute atomic E-state index is 0.0619. The number of hydrogen-bond acceptors (Lipinski definition) is 4. The summed E-state index contributed by atoms with van der Waals surface area (Å²) >= 11 is 1.50. The number of carbonyl (C=O) groups is 2. The minimum Gasteiger partial charge on any atom is -0.356 e. The molecule has 2 atom stereocenters.